The summed E-state index contributed by atoms with van der Waals surface area (Å²) in [6.07, 6.45) is 0. The SMILES string of the molecule is Cc1[c-]cccc1.Cc1[c-]cccc1.Cc1ccccc1O.Cc1ccccc1O.[O]=[Ti+2]. The Morgan fingerprint density at radius 1 is 0.531 bits per heavy atom. The molecule has 4 aromatic rings. The van der Waals surface area contributed by atoms with Gasteiger partial charge in [-0.05, 0) is 37.1 Å². The third-order valence-electron chi connectivity index (χ3n) is 3.96. The van der Waals surface area contributed by atoms with Crippen molar-refractivity contribution in [1.82, 2.24) is 0 Å². The third kappa shape index (κ3) is 14.9. The first kappa shape index (κ1) is 29.0. The maximum atomic E-state index is 8.92. The Balaban J connectivity index is 0.000000391. The topological polar surface area (TPSA) is 57.5 Å². The molecule has 4 heteroatoms. The van der Waals surface area contributed by atoms with Crippen molar-refractivity contribution < 1.29 is 33.9 Å². The molecule has 0 aliphatic carbocycles. The van der Waals surface area contributed by atoms with Gasteiger partial charge in [0.05, 0.1) is 0 Å². The number of aryl methyl sites for hydroxylation is 4. The van der Waals surface area contributed by atoms with E-state index in [0.717, 1.165) is 31.5 Å². The second-order valence-corrected chi connectivity index (χ2v) is 6.66. The van der Waals surface area contributed by atoms with Gasteiger partial charge < -0.3 is 10.2 Å². The molecule has 0 aliphatic heterocycles. The first-order valence-electron chi connectivity index (χ1n) is 9.96. The van der Waals surface area contributed by atoms with Crippen LogP contribution in [0.2, 0.25) is 0 Å². The van der Waals surface area contributed by atoms with Crippen LogP contribution in [0.15, 0.2) is 97.1 Å². The molecular weight excluding hydrogens is 432 g/mol. The van der Waals surface area contributed by atoms with Crippen molar-refractivity contribution in [3.05, 3.63) is 131 Å². The minimum absolute atomic E-state index is 0.368. The van der Waals surface area contributed by atoms with Crippen molar-refractivity contribution in [2.75, 3.05) is 0 Å². The van der Waals surface area contributed by atoms with E-state index in [9.17, 15) is 0 Å². The molecule has 0 aliphatic rings. The predicted molar refractivity (Wildman–Crippen MR) is 126 cm³/mol. The number of benzene rings is 4. The van der Waals surface area contributed by atoms with Crippen molar-refractivity contribution >= 4 is 0 Å². The van der Waals surface area contributed by atoms with Gasteiger partial charge in [-0.15, -0.1) is 0 Å². The van der Waals surface area contributed by atoms with E-state index in [1.807, 2.05) is 113 Å². The Labute approximate surface area is 204 Å². The van der Waals surface area contributed by atoms with Gasteiger partial charge in [0, 0.05) is 0 Å². The van der Waals surface area contributed by atoms with E-state index in [0.29, 0.717) is 11.5 Å². The van der Waals surface area contributed by atoms with Gasteiger partial charge in [0.25, 0.3) is 0 Å². The van der Waals surface area contributed by atoms with E-state index < -0.39 is 0 Å². The average Bonchev–Trinajstić information content (AvgIpc) is 2.82. The summed E-state index contributed by atoms with van der Waals surface area (Å²) in [4.78, 5) is 0. The van der Waals surface area contributed by atoms with Gasteiger partial charge in [0.1, 0.15) is 11.5 Å². The molecule has 2 N–H and O–H groups in total. The molecule has 0 spiro atoms. The quantitative estimate of drug-likeness (QED) is 0.221. The molecule has 0 saturated carbocycles. The van der Waals surface area contributed by atoms with Gasteiger partial charge in [-0.3, -0.25) is 0 Å². The van der Waals surface area contributed by atoms with Crippen LogP contribution >= 0.6 is 0 Å². The number of phenols is 2. The molecule has 0 unspecified atom stereocenters. The maximum absolute atomic E-state index is 8.92. The predicted octanol–water partition coefficient (Wildman–Crippen LogP) is 6.87. The van der Waals surface area contributed by atoms with Gasteiger partial charge >= 0.3 is 23.7 Å². The summed E-state index contributed by atoms with van der Waals surface area (Å²) >= 11 is 0.750. The number of hydrogen-bond donors (Lipinski definition) is 2. The van der Waals surface area contributed by atoms with E-state index in [-0.39, 0.29) is 0 Å². The molecule has 0 aromatic heterocycles. The molecule has 4 aromatic carbocycles. The minimum atomic E-state index is 0.368. The molecule has 0 saturated heterocycles. The number of phenolic OH excluding ortho intramolecular Hbond substituents is 2. The molecule has 0 bridgehead atoms. The summed E-state index contributed by atoms with van der Waals surface area (Å²) in [5.41, 5.74) is 4.24. The summed E-state index contributed by atoms with van der Waals surface area (Å²) < 4.78 is 8.25. The average molecular weight is 462 g/mol. The standard InChI is InChI=1S/2C7H8O.2C7H7.O.Ti/c2*1-6-4-2-3-5-7(6)8;2*1-7-5-3-2-4-6-7;;/h2*2-5,8H,1H3;2*2-5H,1H3;;/q;;2*-1;;+2. The van der Waals surface area contributed by atoms with E-state index in [1.54, 1.807) is 12.1 Å². The second-order valence-electron chi connectivity index (χ2n) is 6.66. The molecular formula is C28H30O3Ti. The summed E-state index contributed by atoms with van der Waals surface area (Å²) in [6, 6.07) is 36.4. The van der Waals surface area contributed by atoms with Crippen LogP contribution in [0.3, 0.4) is 0 Å². The van der Waals surface area contributed by atoms with Crippen LogP contribution in [0.1, 0.15) is 22.3 Å². The number of para-hydroxylation sites is 2. The number of aromatic hydroxyl groups is 2. The van der Waals surface area contributed by atoms with E-state index in [2.05, 4.69) is 12.1 Å². The summed E-state index contributed by atoms with van der Waals surface area (Å²) in [6.45, 7) is 7.80. The van der Waals surface area contributed by atoms with E-state index in [1.165, 1.54) is 11.1 Å². The Bertz CT molecular complexity index is 851. The normalized spacial score (nSPS) is 8.56. The third-order valence-corrected chi connectivity index (χ3v) is 3.96. The van der Waals surface area contributed by atoms with Crippen molar-refractivity contribution in [1.29, 1.82) is 0 Å². The van der Waals surface area contributed by atoms with Gasteiger partial charge in [0.2, 0.25) is 0 Å². The molecule has 4 rings (SSSR count). The van der Waals surface area contributed by atoms with Crippen LogP contribution < -0.4 is 0 Å². The van der Waals surface area contributed by atoms with Crippen LogP contribution in [0.25, 0.3) is 0 Å². The van der Waals surface area contributed by atoms with Gasteiger partial charge in [-0.1, -0.05) is 50.2 Å². The van der Waals surface area contributed by atoms with Crippen molar-refractivity contribution in [3.63, 3.8) is 0 Å². The summed E-state index contributed by atoms with van der Waals surface area (Å²) in [5.74, 6) is 0.736. The van der Waals surface area contributed by atoms with Gasteiger partial charge in [-0.25, -0.2) is 0 Å². The number of hydrogen-bond acceptors (Lipinski definition) is 3. The zero-order valence-electron chi connectivity index (χ0n) is 19.0. The monoisotopic (exact) mass is 462 g/mol. The number of rotatable bonds is 0. The Morgan fingerprint density at radius 2 is 0.844 bits per heavy atom. The van der Waals surface area contributed by atoms with E-state index >= 15 is 0 Å². The zero-order valence-corrected chi connectivity index (χ0v) is 20.6. The molecule has 0 fully saturated rings. The Morgan fingerprint density at radius 3 is 1.00 bits per heavy atom. The zero-order chi connectivity index (χ0) is 24.2. The second kappa shape index (κ2) is 18.7. The Hall–Kier alpha value is -3.01. The van der Waals surface area contributed by atoms with Crippen molar-refractivity contribution in [2.45, 2.75) is 27.7 Å². The van der Waals surface area contributed by atoms with Crippen molar-refractivity contribution in [2.24, 2.45) is 0 Å². The van der Waals surface area contributed by atoms with Crippen LogP contribution in [-0.2, 0) is 23.7 Å². The molecule has 3 nitrogen and oxygen atoms in total. The fourth-order valence-corrected chi connectivity index (χ4v) is 2.09. The van der Waals surface area contributed by atoms with Crippen molar-refractivity contribution in [3.8, 4) is 11.5 Å². The van der Waals surface area contributed by atoms with Gasteiger partial charge in [-0.2, -0.15) is 71.8 Å². The first-order chi connectivity index (χ1) is 15.4. The van der Waals surface area contributed by atoms with E-state index in [4.69, 9.17) is 13.5 Å². The summed E-state index contributed by atoms with van der Waals surface area (Å²) in [5, 5.41) is 17.8. The molecule has 0 amide bonds. The molecule has 0 radical (unpaired) electrons. The first-order valence-corrected chi connectivity index (χ1v) is 10.6. The Kier molecular flexibility index (Phi) is 17.0. The molecule has 164 valence electrons. The van der Waals surface area contributed by atoms with Crippen LogP contribution in [0, 0.1) is 39.8 Å². The molecule has 0 heterocycles. The fraction of sp³-hybridized carbons (Fsp3) is 0.143. The fourth-order valence-electron chi connectivity index (χ4n) is 2.09. The van der Waals surface area contributed by atoms with Crippen LogP contribution in [0.5, 0.6) is 11.5 Å². The van der Waals surface area contributed by atoms with Crippen LogP contribution in [-0.4, -0.2) is 10.2 Å². The molecule has 0 atom stereocenters. The summed E-state index contributed by atoms with van der Waals surface area (Å²) in [7, 11) is 0. The van der Waals surface area contributed by atoms with Gasteiger partial charge in [0.15, 0.2) is 0 Å². The van der Waals surface area contributed by atoms with Crippen LogP contribution in [0.4, 0.5) is 0 Å². The molecule has 32 heavy (non-hydrogen) atoms.